The lowest BCUT2D eigenvalue weighted by Gasteiger charge is -2.01. The van der Waals surface area contributed by atoms with E-state index in [1.807, 2.05) is 13.8 Å². The highest BCUT2D eigenvalue weighted by atomic mass is 16.1. The molecule has 0 amide bonds. The van der Waals surface area contributed by atoms with Gasteiger partial charge in [-0.05, 0) is 26.7 Å². The second kappa shape index (κ2) is 5.21. The van der Waals surface area contributed by atoms with Crippen LogP contribution in [0.5, 0.6) is 0 Å². The largest absolute Gasteiger partial charge is 0.303 e. The van der Waals surface area contributed by atoms with Gasteiger partial charge in [0, 0.05) is 5.92 Å². The molecule has 0 aromatic carbocycles. The molecule has 58 valence electrons. The fourth-order valence-corrected chi connectivity index (χ4v) is 0.668. The third-order valence-electron chi connectivity index (χ3n) is 1.72. The molecule has 0 saturated heterocycles. The van der Waals surface area contributed by atoms with Crippen molar-refractivity contribution in [2.24, 2.45) is 5.92 Å². The third kappa shape index (κ3) is 4.30. The van der Waals surface area contributed by atoms with Gasteiger partial charge in [0.25, 0.3) is 0 Å². The minimum Gasteiger partial charge on any atom is -0.303 e. The zero-order valence-corrected chi connectivity index (χ0v) is 7.05. The molecule has 0 aliphatic heterocycles. The van der Waals surface area contributed by atoms with Crippen molar-refractivity contribution in [1.82, 2.24) is 0 Å². The summed E-state index contributed by atoms with van der Waals surface area (Å²) in [6.07, 6.45) is 5.15. The highest BCUT2D eigenvalue weighted by molar-refractivity contribution is 5.52. The maximum Gasteiger partial charge on any atom is 0.122 e. The van der Waals surface area contributed by atoms with E-state index in [0.717, 1.165) is 19.1 Å². The van der Waals surface area contributed by atoms with Crippen LogP contribution >= 0.6 is 0 Å². The minimum atomic E-state index is 0.217. The monoisotopic (exact) mass is 140 g/mol. The van der Waals surface area contributed by atoms with Crippen LogP contribution in [0.2, 0.25) is 0 Å². The van der Waals surface area contributed by atoms with Crippen LogP contribution in [0.15, 0.2) is 11.6 Å². The topological polar surface area (TPSA) is 17.1 Å². The van der Waals surface area contributed by atoms with Crippen molar-refractivity contribution in [2.75, 3.05) is 0 Å². The molecule has 1 nitrogen and oxygen atoms in total. The maximum absolute atomic E-state index is 10.2. The van der Waals surface area contributed by atoms with E-state index in [4.69, 9.17) is 0 Å². The molecule has 0 fully saturated rings. The Balaban J connectivity index is 3.44. The minimum absolute atomic E-state index is 0.217. The predicted molar refractivity (Wildman–Crippen MR) is 43.9 cm³/mol. The molecule has 0 aromatic heterocycles. The molecular weight excluding hydrogens is 124 g/mol. The van der Waals surface area contributed by atoms with Crippen LogP contribution < -0.4 is 0 Å². The molecule has 0 aliphatic carbocycles. The van der Waals surface area contributed by atoms with Crippen LogP contribution in [0.25, 0.3) is 0 Å². The lowest BCUT2D eigenvalue weighted by Crippen LogP contribution is -1.94. The van der Waals surface area contributed by atoms with Crippen molar-refractivity contribution in [3.63, 3.8) is 0 Å². The normalized spacial score (nSPS) is 14.9. The van der Waals surface area contributed by atoms with Gasteiger partial charge in [-0.15, -0.1) is 0 Å². The van der Waals surface area contributed by atoms with Crippen LogP contribution in [-0.2, 0) is 4.79 Å². The zero-order chi connectivity index (χ0) is 7.98. The summed E-state index contributed by atoms with van der Waals surface area (Å²) in [6.45, 7) is 6.08. The second-order valence-corrected chi connectivity index (χ2v) is 2.79. The summed E-state index contributed by atoms with van der Waals surface area (Å²) in [5, 5.41) is 0. The van der Waals surface area contributed by atoms with E-state index >= 15 is 0 Å². The Morgan fingerprint density at radius 2 is 2.20 bits per heavy atom. The molecule has 0 aromatic rings. The average Bonchev–Trinajstić information content (AvgIpc) is 1.99. The van der Waals surface area contributed by atoms with Gasteiger partial charge in [-0.25, -0.2) is 0 Å². The molecule has 0 spiro atoms. The van der Waals surface area contributed by atoms with Gasteiger partial charge in [0.05, 0.1) is 0 Å². The average molecular weight is 140 g/mol. The van der Waals surface area contributed by atoms with Gasteiger partial charge in [-0.3, -0.25) is 0 Å². The highest BCUT2D eigenvalue weighted by Crippen LogP contribution is 2.08. The molecule has 0 aliphatic rings. The molecule has 0 radical (unpaired) electrons. The number of hydrogen-bond acceptors (Lipinski definition) is 1. The van der Waals surface area contributed by atoms with Crippen molar-refractivity contribution >= 4 is 6.29 Å². The molecular formula is C9H16O. The van der Waals surface area contributed by atoms with Crippen LogP contribution in [0.3, 0.4) is 0 Å². The lowest BCUT2D eigenvalue weighted by atomic mass is 10.0. The summed E-state index contributed by atoms with van der Waals surface area (Å²) >= 11 is 0. The number of aldehydes is 1. The predicted octanol–water partition coefficient (Wildman–Crippen LogP) is 2.57. The first-order chi connectivity index (χ1) is 4.70. The van der Waals surface area contributed by atoms with Gasteiger partial charge in [-0.1, -0.05) is 18.6 Å². The van der Waals surface area contributed by atoms with Crippen LogP contribution in [0.4, 0.5) is 0 Å². The number of carbonyl (C=O) groups excluding carboxylic acids is 1. The smallest absolute Gasteiger partial charge is 0.122 e. The Hall–Kier alpha value is -0.590. The van der Waals surface area contributed by atoms with Crippen molar-refractivity contribution in [3.8, 4) is 0 Å². The SMILES string of the molecule is C/C=C(/C)CCC(C)C=O. The standard InChI is InChI=1S/C9H16O/c1-4-8(2)5-6-9(3)7-10/h4,7,9H,5-6H2,1-3H3/b8-4-. The van der Waals surface area contributed by atoms with E-state index in [0.29, 0.717) is 0 Å². The summed E-state index contributed by atoms with van der Waals surface area (Å²) in [7, 11) is 0. The zero-order valence-electron chi connectivity index (χ0n) is 7.05. The Kier molecular flexibility index (Phi) is 4.91. The maximum atomic E-state index is 10.2. The molecule has 0 rings (SSSR count). The van der Waals surface area contributed by atoms with Gasteiger partial charge in [0.15, 0.2) is 0 Å². The van der Waals surface area contributed by atoms with E-state index in [-0.39, 0.29) is 5.92 Å². The Bertz CT molecular complexity index is 125. The summed E-state index contributed by atoms with van der Waals surface area (Å²) in [5.41, 5.74) is 1.37. The number of carbonyl (C=O) groups is 1. The Morgan fingerprint density at radius 1 is 1.60 bits per heavy atom. The van der Waals surface area contributed by atoms with Gasteiger partial charge >= 0.3 is 0 Å². The summed E-state index contributed by atoms with van der Waals surface area (Å²) in [5.74, 6) is 0.217. The molecule has 1 heteroatoms. The second-order valence-electron chi connectivity index (χ2n) is 2.79. The molecule has 0 bridgehead atoms. The van der Waals surface area contributed by atoms with E-state index in [1.165, 1.54) is 5.57 Å². The van der Waals surface area contributed by atoms with Gasteiger partial charge in [0.2, 0.25) is 0 Å². The number of allylic oxidation sites excluding steroid dienone is 2. The summed E-state index contributed by atoms with van der Waals surface area (Å²) in [6, 6.07) is 0. The van der Waals surface area contributed by atoms with Crippen molar-refractivity contribution in [1.29, 1.82) is 0 Å². The van der Waals surface area contributed by atoms with E-state index < -0.39 is 0 Å². The van der Waals surface area contributed by atoms with Gasteiger partial charge in [-0.2, -0.15) is 0 Å². The van der Waals surface area contributed by atoms with Gasteiger partial charge in [0.1, 0.15) is 6.29 Å². The van der Waals surface area contributed by atoms with Crippen LogP contribution in [-0.4, -0.2) is 6.29 Å². The number of rotatable bonds is 4. The molecule has 1 atom stereocenters. The van der Waals surface area contributed by atoms with Crippen LogP contribution in [0.1, 0.15) is 33.6 Å². The highest BCUT2D eigenvalue weighted by Gasteiger charge is 1.98. The summed E-state index contributed by atoms with van der Waals surface area (Å²) in [4.78, 5) is 10.2. The molecule has 10 heavy (non-hydrogen) atoms. The van der Waals surface area contributed by atoms with E-state index in [2.05, 4.69) is 13.0 Å². The van der Waals surface area contributed by atoms with Crippen LogP contribution in [0, 0.1) is 5.92 Å². The first-order valence-corrected chi connectivity index (χ1v) is 3.77. The van der Waals surface area contributed by atoms with Crippen molar-refractivity contribution in [2.45, 2.75) is 33.6 Å². The van der Waals surface area contributed by atoms with E-state index in [1.54, 1.807) is 0 Å². The fraction of sp³-hybridized carbons (Fsp3) is 0.667. The quantitative estimate of drug-likeness (QED) is 0.433. The molecule has 0 heterocycles. The molecule has 0 N–H and O–H groups in total. The van der Waals surface area contributed by atoms with E-state index in [9.17, 15) is 4.79 Å². The van der Waals surface area contributed by atoms with Crippen molar-refractivity contribution in [3.05, 3.63) is 11.6 Å². The Morgan fingerprint density at radius 3 is 2.60 bits per heavy atom. The number of hydrogen-bond donors (Lipinski definition) is 0. The summed E-state index contributed by atoms with van der Waals surface area (Å²) < 4.78 is 0. The molecule has 1 unspecified atom stereocenters. The molecule has 0 saturated carbocycles. The van der Waals surface area contributed by atoms with Gasteiger partial charge < -0.3 is 4.79 Å². The first kappa shape index (κ1) is 9.41. The first-order valence-electron chi connectivity index (χ1n) is 3.77. The van der Waals surface area contributed by atoms with Crippen molar-refractivity contribution < 1.29 is 4.79 Å². The Labute approximate surface area is 63.1 Å². The third-order valence-corrected chi connectivity index (χ3v) is 1.72. The lowest BCUT2D eigenvalue weighted by molar-refractivity contribution is -0.110. The fourth-order valence-electron chi connectivity index (χ4n) is 0.668.